The number of piperidine rings is 1. The molecule has 94 valence electrons. The van der Waals surface area contributed by atoms with Gasteiger partial charge in [0.05, 0.1) is 0 Å². The molecule has 18 heavy (non-hydrogen) atoms. The molecule has 1 aliphatic rings. The van der Waals surface area contributed by atoms with Crippen molar-refractivity contribution in [3.05, 3.63) is 46.4 Å². The highest BCUT2D eigenvalue weighted by atomic mass is 79.9. The zero-order valence-corrected chi connectivity index (χ0v) is 12.1. The van der Waals surface area contributed by atoms with Crippen molar-refractivity contribution in [2.45, 2.75) is 25.8 Å². The molecule has 1 fully saturated rings. The van der Waals surface area contributed by atoms with E-state index in [9.17, 15) is 0 Å². The molecule has 2 aromatic rings. The molecule has 2 heteroatoms. The van der Waals surface area contributed by atoms with E-state index in [-0.39, 0.29) is 0 Å². The number of halogens is 1. The number of hydrogen-bond donors (Lipinski definition) is 0. The molecule has 0 amide bonds. The molecule has 0 aromatic heterocycles. The Labute approximate surface area is 117 Å². The highest BCUT2D eigenvalue weighted by Gasteiger charge is 2.12. The molecule has 0 saturated carbocycles. The van der Waals surface area contributed by atoms with Crippen LogP contribution in [-0.4, -0.2) is 18.0 Å². The highest BCUT2D eigenvalue weighted by molar-refractivity contribution is 9.10. The second-order valence-corrected chi connectivity index (χ2v) is 5.94. The van der Waals surface area contributed by atoms with Crippen molar-refractivity contribution in [1.29, 1.82) is 0 Å². The third kappa shape index (κ3) is 2.45. The molecule has 0 atom stereocenters. The number of nitrogens with zero attached hydrogens (tertiary/aromatic N) is 1. The third-order valence-electron chi connectivity index (χ3n) is 3.80. The lowest BCUT2D eigenvalue weighted by molar-refractivity contribution is 0.221. The molecule has 1 aliphatic heterocycles. The number of fused-ring (bicyclic) bond motifs is 1. The Morgan fingerprint density at radius 1 is 0.889 bits per heavy atom. The first kappa shape index (κ1) is 12.2. The minimum Gasteiger partial charge on any atom is -0.299 e. The average molecular weight is 304 g/mol. The lowest BCUT2D eigenvalue weighted by Crippen LogP contribution is -2.29. The monoisotopic (exact) mass is 303 g/mol. The fourth-order valence-electron chi connectivity index (χ4n) is 2.82. The molecule has 1 nitrogen and oxygen atoms in total. The standard InChI is InChI=1S/C16H18BrN/c17-16-9-8-13(12-18-10-4-1-5-11-18)14-6-2-3-7-15(14)16/h2-3,6-9H,1,4-5,10-12H2. The zero-order chi connectivity index (χ0) is 12.4. The summed E-state index contributed by atoms with van der Waals surface area (Å²) < 4.78 is 1.19. The third-order valence-corrected chi connectivity index (χ3v) is 4.50. The first-order valence-corrected chi connectivity index (χ1v) is 7.52. The van der Waals surface area contributed by atoms with Crippen LogP contribution in [-0.2, 0) is 6.54 Å². The Morgan fingerprint density at radius 3 is 2.39 bits per heavy atom. The second-order valence-electron chi connectivity index (χ2n) is 5.09. The summed E-state index contributed by atoms with van der Waals surface area (Å²) in [5.41, 5.74) is 1.45. The van der Waals surface area contributed by atoms with Crippen molar-refractivity contribution in [3.63, 3.8) is 0 Å². The minimum atomic E-state index is 1.09. The van der Waals surface area contributed by atoms with Crippen LogP contribution in [0.2, 0.25) is 0 Å². The predicted molar refractivity (Wildman–Crippen MR) is 80.8 cm³/mol. The van der Waals surface area contributed by atoms with Crippen molar-refractivity contribution < 1.29 is 0 Å². The Balaban J connectivity index is 1.94. The molecular formula is C16H18BrN. The summed E-state index contributed by atoms with van der Waals surface area (Å²) >= 11 is 3.64. The fraction of sp³-hybridized carbons (Fsp3) is 0.375. The Kier molecular flexibility index (Phi) is 3.67. The highest BCUT2D eigenvalue weighted by Crippen LogP contribution is 2.28. The van der Waals surface area contributed by atoms with Crippen molar-refractivity contribution in [1.82, 2.24) is 4.90 Å². The van der Waals surface area contributed by atoms with Gasteiger partial charge in [-0.3, -0.25) is 4.90 Å². The van der Waals surface area contributed by atoms with E-state index in [0.717, 1.165) is 6.54 Å². The molecule has 0 bridgehead atoms. The fourth-order valence-corrected chi connectivity index (χ4v) is 3.30. The maximum absolute atomic E-state index is 3.64. The van der Waals surface area contributed by atoms with Gasteiger partial charge in [0.2, 0.25) is 0 Å². The maximum Gasteiger partial charge on any atom is 0.0253 e. The first-order chi connectivity index (χ1) is 8.84. The van der Waals surface area contributed by atoms with E-state index in [1.165, 1.54) is 53.2 Å². The van der Waals surface area contributed by atoms with Gasteiger partial charge in [0.15, 0.2) is 0 Å². The van der Waals surface area contributed by atoms with Crippen molar-refractivity contribution >= 4 is 26.7 Å². The topological polar surface area (TPSA) is 3.24 Å². The van der Waals surface area contributed by atoms with Gasteiger partial charge in [-0.2, -0.15) is 0 Å². The summed E-state index contributed by atoms with van der Waals surface area (Å²) in [6.45, 7) is 3.60. The first-order valence-electron chi connectivity index (χ1n) is 6.73. The Bertz CT molecular complexity index is 544. The van der Waals surface area contributed by atoms with Crippen LogP contribution in [0.4, 0.5) is 0 Å². The number of rotatable bonds is 2. The Morgan fingerprint density at radius 2 is 1.61 bits per heavy atom. The molecule has 0 spiro atoms. The molecule has 3 rings (SSSR count). The molecular weight excluding hydrogens is 286 g/mol. The molecule has 0 aliphatic carbocycles. The van der Waals surface area contributed by atoms with Crippen LogP contribution in [0, 0.1) is 0 Å². The molecule has 0 N–H and O–H groups in total. The van der Waals surface area contributed by atoms with Gasteiger partial charge >= 0.3 is 0 Å². The predicted octanol–water partition coefficient (Wildman–Crippen LogP) is 4.59. The van der Waals surface area contributed by atoms with Crippen LogP contribution in [0.1, 0.15) is 24.8 Å². The molecule has 1 saturated heterocycles. The molecule has 0 unspecified atom stereocenters. The van der Waals surface area contributed by atoms with Crippen LogP contribution in [0.5, 0.6) is 0 Å². The zero-order valence-electron chi connectivity index (χ0n) is 10.5. The normalized spacial score (nSPS) is 17.2. The second kappa shape index (κ2) is 5.41. The summed E-state index contributed by atoms with van der Waals surface area (Å²) in [4.78, 5) is 2.58. The molecule has 0 radical (unpaired) electrons. The van der Waals surface area contributed by atoms with E-state index < -0.39 is 0 Å². The van der Waals surface area contributed by atoms with Crippen molar-refractivity contribution in [2.75, 3.05) is 13.1 Å². The summed E-state index contributed by atoms with van der Waals surface area (Å²) in [5.74, 6) is 0. The van der Waals surface area contributed by atoms with Crippen LogP contribution < -0.4 is 0 Å². The van der Waals surface area contributed by atoms with Crippen LogP contribution in [0.3, 0.4) is 0 Å². The van der Waals surface area contributed by atoms with Gasteiger partial charge in [-0.05, 0) is 48.3 Å². The summed E-state index contributed by atoms with van der Waals surface area (Å²) in [7, 11) is 0. The number of benzene rings is 2. The van der Waals surface area contributed by atoms with E-state index in [1.807, 2.05) is 0 Å². The van der Waals surface area contributed by atoms with Crippen LogP contribution >= 0.6 is 15.9 Å². The van der Waals surface area contributed by atoms with Crippen LogP contribution in [0.15, 0.2) is 40.9 Å². The van der Waals surface area contributed by atoms with Gasteiger partial charge in [-0.1, -0.05) is 52.7 Å². The van der Waals surface area contributed by atoms with Crippen molar-refractivity contribution in [2.24, 2.45) is 0 Å². The van der Waals surface area contributed by atoms with Gasteiger partial charge in [-0.25, -0.2) is 0 Å². The maximum atomic E-state index is 3.64. The smallest absolute Gasteiger partial charge is 0.0253 e. The van der Waals surface area contributed by atoms with Gasteiger partial charge < -0.3 is 0 Å². The Hall–Kier alpha value is -0.860. The van der Waals surface area contributed by atoms with Gasteiger partial charge in [0.25, 0.3) is 0 Å². The van der Waals surface area contributed by atoms with E-state index in [0.29, 0.717) is 0 Å². The lowest BCUT2D eigenvalue weighted by atomic mass is 10.0. The average Bonchev–Trinajstić information content (AvgIpc) is 2.44. The van der Waals surface area contributed by atoms with E-state index in [1.54, 1.807) is 0 Å². The molecule has 1 heterocycles. The summed E-state index contributed by atoms with van der Waals surface area (Å²) in [6, 6.07) is 13.1. The minimum absolute atomic E-state index is 1.09. The molecule has 2 aromatic carbocycles. The lowest BCUT2D eigenvalue weighted by Gasteiger charge is -2.27. The van der Waals surface area contributed by atoms with E-state index in [4.69, 9.17) is 0 Å². The van der Waals surface area contributed by atoms with Gasteiger partial charge in [0.1, 0.15) is 0 Å². The van der Waals surface area contributed by atoms with Crippen molar-refractivity contribution in [3.8, 4) is 0 Å². The summed E-state index contributed by atoms with van der Waals surface area (Å²) in [5, 5.41) is 2.71. The van der Waals surface area contributed by atoms with E-state index in [2.05, 4.69) is 57.2 Å². The van der Waals surface area contributed by atoms with E-state index >= 15 is 0 Å². The number of likely N-dealkylation sites (tertiary alicyclic amines) is 1. The number of hydrogen-bond acceptors (Lipinski definition) is 1. The largest absolute Gasteiger partial charge is 0.299 e. The quantitative estimate of drug-likeness (QED) is 0.784. The summed E-state index contributed by atoms with van der Waals surface area (Å²) in [6.07, 6.45) is 4.11. The van der Waals surface area contributed by atoms with Gasteiger partial charge in [-0.15, -0.1) is 0 Å². The van der Waals surface area contributed by atoms with Gasteiger partial charge in [0, 0.05) is 11.0 Å². The SMILES string of the molecule is Brc1ccc(CN2CCCCC2)c2ccccc12. The van der Waals surface area contributed by atoms with Crippen LogP contribution in [0.25, 0.3) is 10.8 Å².